The van der Waals surface area contributed by atoms with E-state index in [0.717, 1.165) is 24.6 Å². The van der Waals surface area contributed by atoms with Crippen LogP contribution in [0.4, 0.5) is 4.39 Å². The van der Waals surface area contributed by atoms with E-state index < -0.39 is 6.10 Å². The molecule has 0 spiro atoms. The quantitative estimate of drug-likeness (QED) is 0.870. The monoisotopic (exact) mass is 248 g/mol. The molecule has 18 heavy (non-hydrogen) atoms. The lowest BCUT2D eigenvalue weighted by Crippen LogP contribution is -2.08. The summed E-state index contributed by atoms with van der Waals surface area (Å²) in [5, 5.41) is 11.0. The molecule has 1 aliphatic carbocycles. The van der Waals surface area contributed by atoms with E-state index in [2.05, 4.69) is 6.92 Å². The highest BCUT2D eigenvalue weighted by Crippen LogP contribution is 2.40. The number of halogens is 1. The van der Waals surface area contributed by atoms with E-state index in [0.29, 0.717) is 17.3 Å². The predicted molar refractivity (Wildman–Crippen MR) is 67.6 cm³/mol. The number of hydrogen-bond donors (Lipinski definition) is 1. The summed E-state index contributed by atoms with van der Waals surface area (Å²) >= 11 is 0. The minimum absolute atomic E-state index is 0.269. The largest absolute Gasteiger partial charge is 0.458 e. The SMILES string of the molecule is CC1CCC(C(O)c2cc3cc(F)ccc3o2)C1. The second-order valence-electron chi connectivity index (χ2n) is 5.45. The fourth-order valence-corrected chi connectivity index (χ4v) is 2.95. The van der Waals surface area contributed by atoms with Gasteiger partial charge in [-0.15, -0.1) is 0 Å². The second kappa shape index (κ2) is 4.39. The topological polar surface area (TPSA) is 33.4 Å². The molecule has 1 heterocycles. The number of rotatable bonds is 2. The lowest BCUT2D eigenvalue weighted by Gasteiger charge is -2.15. The number of aliphatic hydroxyl groups is 1. The van der Waals surface area contributed by atoms with Crippen LogP contribution >= 0.6 is 0 Å². The molecule has 2 aromatic rings. The highest BCUT2D eigenvalue weighted by atomic mass is 19.1. The van der Waals surface area contributed by atoms with Crippen molar-refractivity contribution in [3.8, 4) is 0 Å². The molecule has 96 valence electrons. The summed E-state index contributed by atoms with van der Waals surface area (Å²) in [5.74, 6) is 1.23. The smallest absolute Gasteiger partial charge is 0.134 e. The van der Waals surface area contributed by atoms with Crippen LogP contribution < -0.4 is 0 Å². The molecule has 1 aromatic carbocycles. The van der Waals surface area contributed by atoms with Crippen LogP contribution in [0.1, 0.15) is 38.1 Å². The Kier molecular flexibility index (Phi) is 2.86. The maximum absolute atomic E-state index is 13.1. The van der Waals surface area contributed by atoms with Crippen molar-refractivity contribution >= 4 is 11.0 Å². The van der Waals surface area contributed by atoms with Gasteiger partial charge in [-0.3, -0.25) is 0 Å². The van der Waals surface area contributed by atoms with Crippen LogP contribution in [0.15, 0.2) is 28.7 Å². The van der Waals surface area contributed by atoms with Crippen molar-refractivity contribution in [2.75, 3.05) is 0 Å². The van der Waals surface area contributed by atoms with Crippen molar-refractivity contribution in [2.24, 2.45) is 11.8 Å². The number of furan rings is 1. The van der Waals surface area contributed by atoms with Crippen LogP contribution in [0.25, 0.3) is 11.0 Å². The van der Waals surface area contributed by atoms with Gasteiger partial charge in [-0.05, 0) is 48.9 Å². The van der Waals surface area contributed by atoms with Gasteiger partial charge in [-0.1, -0.05) is 13.3 Å². The molecule has 0 aliphatic heterocycles. The molecule has 3 atom stereocenters. The Bertz CT molecular complexity index is 561. The standard InChI is InChI=1S/C15H17FO2/c1-9-2-3-10(6-9)15(17)14-8-11-7-12(16)4-5-13(11)18-14/h4-5,7-10,15,17H,2-3,6H2,1H3. The first kappa shape index (κ1) is 11.7. The minimum Gasteiger partial charge on any atom is -0.458 e. The molecule has 0 amide bonds. The third-order valence-corrected chi connectivity index (χ3v) is 3.97. The van der Waals surface area contributed by atoms with Gasteiger partial charge in [0.15, 0.2) is 0 Å². The Hall–Kier alpha value is -1.35. The summed E-state index contributed by atoms with van der Waals surface area (Å²) < 4.78 is 18.7. The van der Waals surface area contributed by atoms with Crippen molar-refractivity contribution in [3.63, 3.8) is 0 Å². The van der Waals surface area contributed by atoms with Gasteiger partial charge in [0.2, 0.25) is 0 Å². The van der Waals surface area contributed by atoms with Crippen LogP contribution in [0, 0.1) is 17.7 Å². The van der Waals surface area contributed by atoms with E-state index in [1.165, 1.54) is 12.1 Å². The third-order valence-electron chi connectivity index (χ3n) is 3.97. The van der Waals surface area contributed by atoms with E-state index in [1.807, 2.05) is 0 Å². The Morgan fingerprint density at radius 1 is 1.33 bits per heavy atom. The van der Waals surface area contributed by atoms with Gasteiger partial charge < -0.3 is 9.52 Å². The first-order valence-corrected chi connectivity index (χ1v) is 6.50. The van der Waals surface area contributed by atoms with Crippen molar-refractivity contribution in [1.29, 1.82) is 0 Å². The Morgan fingerprint density at radius 2 is 2.17 bits per heavy atom. The van der Waals surface area contributed by atoms with Gasteiger partial charge in [0.1, 0.15) is 23.3 Å². The van der Waals surface area contributed by atoms with Crippen LogP contribution in [-0.4, -0.2) is 5.11 Å². The average Bonchev–Trinajstić information content (AvgIpc) is 2.93. The summed E-state index contributed by atoms with van der Waals surface area (Å²) in [7, 11) is 0. The molecule has 2 nitrogen and oxygen atoms in total. The summed E-state index contributed by atoms with van der Waals surface area (Å²) in [6, 6.07) is 6.18. The van der Waals surface area contributed by atoms with Crippen LogP contribution in [-0.2, 0) is 0 Å². The average molecular weight is 248 g/mol. The van der Waals surface area contributed by atoms with E-state index in [-0.39, 0.29) is 11.7 Å². The number of hydrogen-bond acceptors (Lipinski definition) is 2. The summed E-state index contributed by atoms with van der Waals surface area (Å²) in [6.45, 7) is 2.21. The summed E-state index contributed by atoms with van der Waals surface area (Å²) in [6.07, 6.45) is 2.67. The van der Waals surface area contributed by atoms with Gasteiger partial charge in [-0.2, -0.15) is 0 Å². The van der Waals surface area contributed by atoms with Crippen molar-refractivity contribution in [1.82, 2.24) is 0 Å². The minimum atomic E-state index is -0.564. The zero-order valence-corrected chi connectivity index (χ0v) is 10.4. The molecule has 0 radical (unpaired) electrons. The molecule has 0 bridgehead atoms. The van der Waals surface area contributed by atoms with Gasteiger partial charge in [-0.25, -0.2) is 4.39 Å². The lowest BCUT2D eigenvalue weighted by molar-refractivity contribution is 0.0887. The molecule has 1 fully saturated rings. The molecule has 3 unspecified atom stereocenters. The molecular formula is C15H17FO2. The van der Waals surface area contributed by atoms with Crippen molar-refractivity contribution in [2.45, 2.75) is 32.3 Å². The number of fused-ring (bicyclic) bond motifs is 1. The van der Waals surface area contributed by atoms with Gasteiger partial charge in [0.25, 0.3) is 0 Å². The molecule has 3 heteroatoms. The second-order valence-corrected chi connectivity index (χ2v) is 5.45. The highest BCUT2D eigenvalue weighted by molar-refractivity contribution is 5.77. The first-order valence-electron chi connectivity index (χ1n) is 6.50. The maximum Gasteiger partial charge on any atom is 0.134 e. The molecule has 0 saturated heterocycles. The predicted octanol–water partition coefficient (Wildman–Crippen LogP) is 4.04. The van der Waals surface area contributed by atoms with E-state index in [9.17, 15) is 9.50 Å². The number of aliphatic hydroxyl groups excluding tert-OH is 1. The molecule has 1 aliphatic rings. The Morgan fingerprint density at radius 3 is 2.89 bits per heavy atom. The van der Waals surface area contributed by atoms with Crippen LogP contribution in [0.3, 0.4) is 0 Å². The van der Waals surface area contributed by atoms with E-state index in [1.54, 1.807) is 12.1 Å². The zero-order chi connectivity index (χ0) is 12.7. The Balaban J connectivity index is 1.89. The van der Waals surface area contributed by atoms with Crippen molar-refractivity contribution < 1.29 is 13.9 Å². The Labute approximate surface area is 105 Å². The fourth-order valence-electron chi connectivity index (χ4n) is 2.95. The van der Waals surface area contributed by atoms with Gasteiger partial charge in [0, 0.05) is 5.39 Å². The number of benzene rings is 1. The molecule has 1 saturated carbocycles. The fraction of sp³-hybridized carbons (Fsp3) is 0.467. The van der Waals surface area contributed by atoms with E-state index in [4.69, 9.17) is 4.42 Å². The van der Waals surface area contributed by atoms with Gasteiger partial charge >= 0.3 is 0 Å². The highest BCUT2D eigenvalue weighted by Gasteiger charge is 2.30. The molecule has 3 rings (SSSR count). The van der Waals surface area contributed by atoms with Crippen molar-refractivity contribution in [3.05, 3.63) is 35.8 Å². The van der Waals surface area contributed by atoms with Crippen LogP contribution in [0.2, 0.25) is 0 Å². The maximum atomic E-state index is 13.1. The van der Waals surface area contributed by atoms with Crippen LogP contribution in [0.5, 0.6) is 0 Å². The third kappa shape index (κ3) is 2.03. The summed E-state index contributed by atoms with van der Waals surface area (Å²) in [4.78, 5) is 0. The van der Waals surface area contributed by atoms with E-state index >= 15 is 0 Å². The molecule has 1 N–H and O–H groups in total. The zero-order valence-electron chi connectivity index (χ0n) is 10.4. The van der Waals surface area contributed by atoms with Gasteiger partial charge in [0.05, 0.1) is 0 Å². The normalized spacial score (nSPS) is 25.7. The first-order chi connectivity index (χ1) is 8.63. The molecule has 1 aromatic heterocycles. The summed E-state index contributed by atoms with van der Waals surface area (Å²) in [5.41, 5.74) is 0.636. The molecular weight excluding hydrogens is 231 g/mol. The lowest BCUT2D eigenvalue weighted by atomic mass is 9.97.